The van der Waals surface area contributed by atoms with Crippen LogP contribution in [0.4, 0.5) is 23.7 Å². The second-order valence-corrected chi connectivity index (χ2v) is 13.6. The molecule has 1 atom stereocenters. The van der Waals surface area contributed by atoms with Gasteiger partial charge in [0.05, 0.1) is 80.5 Å². The van der Waals surface area contributed by atoms with E-state index >= 15 is 0 Å². The van der Waals surface area contributed by atoms with Gasteiger partial charge in [0.2, 0.25) is 0 Å². The van der Waals surface area contributed by atoms with E-state index in [4.69, 9.17) is 4.74 Å². The summed E-state index contributed by atoms with van der Waals surface area (Å²) in [7, 11) is 4.38. The maximum atomic E-state index is 13.9. The monoisotopic (exact) mass is 724 g/mol. The summed E-state index contributed by atoms with van der Waals surface area (Å²) in [4.78, 5) is 30.2. The number of unbranched alkanes of at least 4 members (excludes halogenated alkanes) is 2. The van der Waals surface area contributed by atoms with Crippen LogP contribution >= 0.6 is 15.9 Å². The smallest absolute Gasteiger partial charge is 0.416 e. The Morgan fingerprint density at radius 3 is 2.38 bits per heavy atom. The summed E-state index contributed by atoms with van der Waals surface area (Å²) in [5.74, 6) is 0.579. The highest BCUT2D eigenvalue weighted by atomic mass is 79.9. The van der Waals surface area contributed by atoms with Crippen molar-refractivity contribution in [2.24, 2.45) is 0 Å². The minimum atomic E-state index is -4.59. The molecule has 12 heteroatoms. The lowest BCUT2D eigenvalue weighted by Gasteiger charge is -2.34. The molecular weight excluding hydrogens is 687 g/mol. The normalized spacial score (nSPS) is 16.6. The Kier molecular flexibility index (Phi) is 10.8. The van der Waals surface area contributed by atoms with E-state index < -0.39 is 23.8 Å². The maximum Gasteiger partial charge on any atom is 0.416 e. The Balaban J connectivity index is 1.21. The highest BCUT2D eigenvalue weighted by molar-refractivity contribution is 9.10. The maximum absolute atomic E-state index is 13.9. The number of ether oxygens (including phenoxy) is 1. The van der Waals surface area contributed by atoms with Gasteiger partial charge in [-0.15, -0.1) is 0 Å². The van der Waals surface area contributed by atoms with E-state index in [-0.39, 0.29) is 18.1 Å². The van der Waals surface area contributed by atoms with Crippen LogP contribution in [0.5, 0.6) is 5.75 Å². The van der Waals surface area contributed by atoms with Crippen molar-refractivity contribution < 1.29 is 32.0 Å². The number of hydrogen-bond acceptors (Lipinski definition) is 4. The van der Waals surface area contributed by atoms with Gasteiger partial charge in [0.25, 0.3) is 5.91 Å². The fourth-order valence-electron chi connectivity index (χ4n) is 6.12. The van der Waals surface area contributed by atoms with E-state index in [2.05, 4.69) is 41.4 Å². The molecule has 5 rings (SSSR count). The summed E-state index contributed by atoms with van der Waals surface area (Å²) in [5, 5.41) is 12.1. The molecule has 8 nitrogen and oxygen atoms in total. The Morgan fingerprint density at radius 2 is 1.69 bits per heavy atom. The van der Waals surface area contributed by atoms with Crippen LogP contribution in [0, 0.1) is 11.3 Å². The number of nitrogens with one attached hydrogen (secondary N) is 1. The molecule has 2 aliphatic rings. The first kappa shape index (κ1) is 35.0. The molecule has 3 amide bonds. The third kappa shape index (κ3) is 8.38. The number of carbonyl (C=O) groups is 2. The summed E-state index contributed by atoms with van der Waals surface area (Å²) >= 11 is 3.43. The number of carbonyl (C=O) groups excluding carboxylic acids is 2. The van der Waals surface area contributed by atoms with Crippen molar-refractivity contribution in [1.82, 2.24) is 10.2 Å². The first-order chi connectivity index (χ1) is 22.9. The number of urea groups is 1. The predicted molar refractivity (Wildman–Crippen MR) is 180 cm³/mol. The van der Waals surface area contributed by atoms with E-state index in [1.165, 1.54) is 17.0 Å². The van der Waals surface area contributed by atoms with Gasteiger partial charge in [-0.25, -0.2) is 4.79 Å². The number of alkyl halides is 3. The molecule has 0 spiro atoms. The van der Waals surface area contributed by atoms with Gasteiger partial charge in [-0.1, -0.05) is 34.1 Å². The number of halogens is 4. The molecule has 0 aromatic heterocycles. The molecule has 3 aromatic carbocycles. The van der Waals surface area contributed by atoms with Crippen LogP contribution in [0.3, 0.4) is 0 Å². The van der Waals surface area contributed by atoms with E-state index in [1.807, 2.05) is 24.3 Å². The number of rotatable bonds is 13. The van der Waals surface area contributed by atoms with Crippen LogP contribution in [-0.4, -0.2) is 68.2 Å². The van der Waals surface area contributed by atoms with Crippen molar-refractivity contribution in [3.05, 3.63) is 105 Å². The van der Waals surface area contributed by atoms with Crippen molar-refractivity contribution in [3.63, 3.8) is 0 Å². The molecule has 252 valence electrons. The Bertz CT molecular complexity index is 1700. The predicted octanol–water partition coefficient (Wildman–Crippen LogP) is 7.42. The summed E-state index contributed by atoms with van der Waals surface area (Å²) < 4.78 is 48.4. The van der Waals surface area contributed by atoms with Crippen molar-refractivity contribution in [1.29, 1.82) is 5.26 Å². The van der Waals surface area contributed by atoms with E-state index in [0.29, 0.717) is 35.5 Å². The number of quaternary nitrogens is 1. The third-order valence-electron chi connectivity index (χ3n) is 8.69. The zero-order chi connectivity index (χ0) is 34.5. The number of nitrogens with zero attached hydrogens (tertiary/aromatic N) is 4. The van der Waals surface area contributed by atoms with Gasteiger partial charge in [-0.2, -0.15) is 18.4 Å². The second kappa shape index (κ2) is 14.8. The summed E-state index contributed by atoms with van der Waals surface area (Å²) in [6.07, 6.45) is -1.09. The minimum absolute atomic E-state index is 0.0324. The Morgan fingerprint density at radius 1 is 0.979 bits per heavy atom. The number of amides is 3. The standard InChI is InChI=1S/C36H37BrF3N5O3/c1-45(2,20-7-21-48-30-16-14-28(37)15-17-30)19-5-3-4-18-43-24-31-32(34(43)46)33(26-12-10-25(23-41)11-13-26)42-35(47)44(31)29-9-6-8-27(22-29)36(38,39)40/h6,8-17,22,33H,3-5,7,18-21,24H2,1-2H3/p+1/t33-/m1/s1. The fourth-order valence-corrected chi connectivity index (χ4v) is 6.38. The Hall–Kier alpha value is -4.34. The van der Waals surface area contributed by atoms with Crippen LogP contribution in [0.1, 0.15) is 48.4 Å². The van der Waals surface area contributed by atoms with Gasteiger partial charge < -0.3 is 19.4 Å². The molecule has 2 heterocycles. The van der Waals surface area contributed by atoms with Crippen LogP contribution in [0.25, 0.3) is 0 Å². The fraction of sp³-hybridized carbons (Fsp3) is 0.361. The van der Waals surface area contributed by atoms with Gasteiger partial charge in [0, 0.05) is 17.4 Å². The van der Waals surface area contributed by atoms with E-state index in [0.717, 1.165) is 65.6 Å². The highest BCUT2D eigenvalue weighted by Crippen LogP contribution is 2.40. The number of nitriles is 1. The zero-order valence-corrected chi connectivity index (χ0v) is 28.5. The molecule has 0 unspecified atom stereocenters. The van der Waals surface area contributed by atoms with Crippen LogP contribution in [-0.2, 0) is 11.0 Å². The van der Waals surface area contributed by atoms with Gasteiger partial charge in [-0.05, 0) is 79.4 Å². The van der Waals surface area contributed by atoms with Crippen molar-refractivity contribution >= 4 is 33.6 Å². The molecule has 0 fully saturated rings. The first-order valence-corrected chi connectivity index (χ1v) is 16.7. The summed E-state index contributed by atoms with van der Waals surface area (Å²) in [6, 6.07) is 19.5. The van der Waals surface area contributed by atoms with Gasteiger partial charge >= 0.3 is 12.2 Å². The first-order valence-electron chi connectivity index (χ1n) is 15.9. The largest absolute Gasteiger partial charge is 0.493 e. The molecule has 0 saturated carbocycles. The van der Waals surface area contributed by atoms with E-state index in [9.17, 15) is 28.0 Å². The van der Waals surface area contributed by atoms with Crippen molar-refractivity contribution in [2.45, 2.75) is 37.9 Å². The molecule has 0 radical (unpaired) electrons. The van der Waals surface area contributed by atoms with Gasteiger partial charge in [-0.3, -0.25) is 9.69 Å². The molecule has 0 saturated heterocycles. The molecule has 3 aromatic rings. The van der Waals surface area contributed by atoms with Gasteiger partial charge in [0.15, 0.2) is 0 Å². The molecule has 48 heavy (non-hydrogen) atoms. The van der Waals surface area contributed by atoms with Crippen LogP contribution in [0.2, 0.25) is 0 Å². The SMILES string of the molecule is C[N+](C)(CCCCCN1CC2=C(C1=O)[C@@H](c1ccc(C#N)cc1)NC(=O)N2c1cccc(C(F)(F)F)c1)CCCOc1ccc(Br)cc1. The summed E-state index contributed by atoms with van der Waals surface area (Å²) in [6.45, 7) is 3.11. The zero-order valence-electron chi connectivity index (χ0n) is 26.9. The van der Waals surface area contributed by atoms with Crippen molar-refractivity contribution in [2.75, 3.05) is 51.8 Å². The highest BCUT2D eigenvalue weighted by Gasteiger charge is 2.45. The number of benzene rings is 3. The topological polar surface area (TPSA) is 85.7 Å². The molecule has 0 bridgehead atoms. The summed E-state index contributed by atoms with van der Waals surface area (Å²) in [5.41, 5.74) is 0.862. The second-order valence-electron chi connectivity index (χ2n) is 12.7. The number of anilines is 1. The lowest BCUT2D eigenvalue weighted by Crippen LogP contribution is -2.47. The Labute approximate surface area is 287 Å². The third-order valence-corrected chi connectivity index (χ3v) is 9.21. The molecule has 0 aliphatic carbocycles. The van der Waals surface area contributed by atoms with Crippen molar-refractivity contribution in [3.8, 4) is 11.8 Å². The molecule has 2 aliphatic heterocycles. The lowest BCUT2D eigenvalue weighted by atomic mass is 9.94. The average molecular weight is 726 g/mol. The molecule has 1 N–H and O–H groups in total. The lowest BCUT2D eigenvalue weighted by molar-refractivity contribution is -0.890. The minimum Gasteiger partial charge on any atom is -0.493 e. The van der Waals surface area contributed by atoms with Crippen LogP contribution < -0.4 is 15.0 Å². The quantitative estimate of drug-likeness (QED) is 0.147. The van der Waals surface area contributed by atoms with Crippen LogP contribution in [0.15, 0.2) is 88.5 Å². The average Bonchev–Trinajstić information content (AvgIpc) is 3.38. The van der Waals surface area contributed by atoms with E-state index in [1.54, 1.807) is 29.2 Å². The van der Waals surface area contributed by atoms with Gasteiger partial charge in [0.1, 0.15) is 5.75 Å². The number of hydrogen-bond donors (Lipinski definition) is 1. The molecular formula is C36H38BrF3N5O3+.